The third-order valence-electron chi connectivity index (χ3n) is 5.99. The molecule has 182 valence electrons. The van der Waals surface area contributed by atoms with Crippen LogP contribution in [0.1, 0.15) is 59.5 Å². The van der Waals surface area contributed by atoms with Crippen molar-refractivity contribution in [3.8, 4) is 11.1 Å². The average molecular weight is 478 g/mol. The number of amides is 2. The molecule has 0 bridgehead atoms. The van der Waals surface area contributed by atoms with Gasteiger partial charge in [-0.3, -0.25) is 4.79 Å². The quantitative estimate of drug-likeness (QED) is 0.401. The number of hydrogen-bond acceptors (Lipinski definition) is 6. The molecule has 2 aromatic carbocycles. The van der Waals surface area contributed by atoms with Crippen molar-refractivity contribution in [2.75, 3.05) is 6.61 Å². The fourth-order valence-electron chi connectivity index (χ4n) is 4.21. The minimum atomic E-state index is -1.10. The molecule has 9 heteroatoms. The number of carbonyl (C=O) groups excluding carboxylic acids is 2. The largest absolute Gasteiger partial charge is 0.480 e. The Kier molecular flexibility index (Phi) is 7.45. The third-order valence-corrected chi connectivity index (χ3v) is 5.99. The number of carbonyl (C=O) groups is 3. The van der Waals surface area contributed by atoms with Crippen molar-refractivity contribution in [3.63, 3.8) is 0 Å². The Balaban J connectivity index is 1.29. The highest BCUT2D eigenvalue weighted by atomic mass is 16.5. The Bertz CT molecular complexity index is 1180. The van der Waals surface area contributed by atoms with Crippen LogP contribution in [0.2, 0.25) is 0 Å². The van der Waals surface area contributed by atoms with Crippen LogP contribution in [0.3, 0.4) is 0 Å². The Morgan fingerprint density at radius 1 is 1.09 bits per heavy atom. The molecule has 0 saturated heterocycles. The van der Waals surface area contributed by atoms with Gasteiger partial charge in [-0.2, -0.15) is 0 Å². The van der Waals surface area contributed by atoms with Gasteiger partial charge in [-0.05, 0) is 28.7 Å². The first-order chi connectivity index (χ1) is 17.0. The maximum atomic E-state index is 12.3. The molecule has 1 aromatic heterocycles. The monoisotopic (exact) mass is 477 g/mol. The Hall–Kier alpha value is -4.14. The molecule has 0 radical (unpaired) electrons. The number of hydrogen-bond donors (Lipinski definition) is 3. The molecule has 35 heavy (non-hydrogen) atoms. The molecule has 1 heterocycles. The van der Waals surface area contributed by atoms with Gasteiger partial charge in [0.25, 0.3) is 5.91 Å². The van der Waals surface area contributed by atoms with Crippen LogP contribution in [-0.2, 0) is 16.1 Å². The van der Waals surface area contributed by atoms with Crippen LogP contribution in [0.4, 0.5) is 4.79 Å². The standard InChI is InChI=1S/C26H27N3O6/c1-2-3-12-22(25(31)32)28-24(30)23-13-16(35-29-23)14-27-26(33)34-15-21-19-10-6-4-8-17(19)18-9-5-7-11-20(18)21/h4-11,13,21-22H,2-3,12,14-15H2,1H3,(H,27,33)(H,28,30)(H,31,32). The number of ether oxygens (including phenoxy) is 1. The van der Waals surface area contributed by atoms with Gasteiger partial charge in [0.1, 0.15) is 12.6 Å². The number of unbranched alkanes of at least 4 members (excludes halogenated alkanes) is 1. The topological polar surface area (TPSA) is 131 Å². The van der Waals surface area contributed by atoms with Crippen molar-refractivity contribution in [2.45, 2.75) is 44.7 Å². The number of carboxylic acids is 1. The van der Waals surface area contributed by atoms with Crippen LogP contribution in [0.15, 0.2) is 59.1 Å². The molecule has 0 aliphatic heterocycles. The molecule has 0 fully saturated rings. The number of aliphatic carboxylic acids is 1. The van der Waals surface area contributed by atoms with Crippen molar-refractivity contribution < 1.29 is 28.8 Å². The fourth-order valence-corrected chi connectivity index (χ4v) is 4.21. The van der Waals surface area contributed by atoms with E-state index in [0.29, 0.717) is 12.8 Å². The zero-order valence-corrected chi connectivity index (χ0v) is 19.3. The summed E-state index contributed by atoms with van der Waals surface area (Å²) in [4.78, 5) is 36.0. The van der Waals surface area contributed by atoms with E-state index in [9.17, 15) is 19.5 Å². The Labute approximate surface area is 202 Å². The number of nitrogens with zero attached hydrogens (tertiary/aromatic N) is 1. The van der Waals surface area contributed by atoms with Crippen LogP contribution >= 0.6 is 0 Å². The van der Waals surface area contributed by atoms with Crippen LogP contribution in [0.25, 0.3) is 11.1 Å². The number of carboxylic acid groups (broad SMARTS) is 1. The lowest BCUT2D eigenvalue weighted by Crippen LogP contribution is -2.40. The van der Waals surface area contributed by atoms with Gasteiger partial charge in [0.15, 0.2) is 11.5 Å². The molecule has 3 aromatic rings. The van der Waals surface area contributed by atoms with Gasteiger partial charge < -0.3 is 25.0 Å². The number of alkyl carbamates (subject to hydrolysis) is 1. The van der Waals surface area contributed by atoms with Crippen molar-refractivity contribution in [3.05, 3.63) is 77.2 Å². The molecule has 4 rings (SSSR count). The molecule has 9 nitrogen and oxygen atoms in total. The summed E-state index contributed by atoms with van der Waals surface area (Å²) in [6.07, 6.45) is 1.19. The van der Waals surface area contributed by atoms with E-state index in [0.717, 1.165) is 28.7 Å². The molecule has 1 atom stereocenters. The van der Waals surface area contributed by atoms with Gasteiger partial charge in [0.2, 0.25) is 0 Å². The second-order valence-electron chi connectivity index (χ2n) is 8.36. The van der Waals surface area contributed by atoms with Gasteiger partial charge in [-0.1, -0.05) is 73.5 Å². The van der Waals surface area contributed by atoms with Crippen LogP contribution in [-0.4, -0.2) is 40.9 Å². The predicted octanol–water partition coefficient (Wildman–Crippen LogP) is 4.09. The number of fused-ring (bicyclic) bond motifs is 3. The first-order valence-electron chi connectivity index (χ1n) is 11.6. The summed E-state index contributed by atoms with van der Waals surface area (Å²) in [5, 5.41) is 18.0. The van der Waals surface area contributed by atoms with Crippen molar-refractivity contribution >= 4 is 18.0 Å². The second kappa shape index (κ2) is 10.9. The summed E-state index contributed by atoms with van der Waals surface area (Å²) in [5.74, 6) is -1.57. The Morgan fingerprint density at radius 3 is 2.37 bits per heavy atom. The normalized spacial score (nSPS) is 12.9. The lowest BCUT2D eigenvalue weighted by atomic mass is 9.98. The molecule has 3 N–H and O–H groups in total. The minimum Gasteiger partial charge on any atom is -0.480 e. The van der Waals surface area contributed by atoms with Crippen LogP contribution in [0, 0.1) is 0 Å². The van der Waals surface area contributed by atoms with Gasteiger partial charge in [0, 0.05) is 12.0 Å². The lowest BCUT2D eigenvalue weighted by Gasteiger charge is -2.14. The lowest BCUT2D eigenvalue weighted by molar-refractivity contribution is -0.139. The van der Waals surface area contributed by atoms with E-state index in [2.05, 4.69) is 27.9 Å². The third kappa shape index (κ3) is 5.51. The molecule has 1 unspecified atom stereocenters. The van der Waals surface area contributed by atoms with E-state index in [-0.39, 0.29) is 30.5 Å². The maximum absolute atomic E-state index is 12.3. The number of nitrogens with one attached hydrogen (secondary N) is 2. The van der Waals surface area contributed by atoms with Gasteiger partial charge in [-0.15, -0.1) is 0 Å². The van der Waals surface area contributed by atoms with Gasteiger partial charge in [-0.25, -0.2) is 9.59 Å². The van der Waals surface area contributed by atoms with Crippen molar-refractivity contribution in [1.82, 2.24) is 15.8 Å². The Morgan fingerprint density at radius 2 is 1.74 bits per heavy atom. The SMILES string of the molecule is CCCCC(NC(=O)c1cc(CNC(=O)OCC2c3ccccc3-c3ccccc32)on1)C(=O)O. The van der Waals surface area contributed by atoms with Crippen LogP contribution < -0.4 is 10.6 Å². The summed E-state index contributed by atoms with van der Waals surface area (Å²) >= 11 is 0. The molecular weight excluding hydrogens is 450 g/mol. The summed E-state index contributed by atoms with van der Waals surface area (Å²) in [7, 11) is 0. The zero-order valence-electron chi connectivity index (χ0n) is 19.3. The second-order valence-corrected chi connectivity index (χ2v) is 8.36. The first kappa shape index (κ1) is 24.0. The first-order valence-corrected chi connectivity index (χ1v) is 11.6. The van der Waals surface area contributed by atoms with Crippen molar-refractivity contribution in [2.24, 2.45) is 0 Å². The fraction of sp³-hybridized carbons (Fsp3) is 0.308. The minimum absolute atomic E-state index is 0.0326. The van der Waals surface area contributed by atoms with E-state index in [1.165, 1.54) is 6.07 Å². The van der Waals surface area contributed by atoms with E-state index < -0.39 is 24.0 Å². The molecule has 1 aliphatic carbocycles. The number of benzene rings is 2. The summed E-state index contributed by atoms with van der Waals surface area (Å²) in [6.45, 7) is 2.08. The predicted molar refractivity (Wildman–Crippen MR) is 127 cm³/mol. The molecule has 0 spiro atoms. The van der Waals surface area contributed by atoms with Crippen LogP contribution in [0.5, 0.6) is 0 Å². The highest BCUT2D eigenvalue weighted by Crippen LogP contribution is 2.44. The summed E-state index contributed by atoms with van der Waals surface area (Å²) in [5.41, 5.74) is 4.46. The zero-order chi connectivity index (χ0) is 24.8. The average Bonchev–Trinajstić information content (AvgIpc) is 3.47. The highest BCUT2D eigenvalue weighted by molar-refractivity contribution is 5.94. The molecule has 0 saturated carbocycles. The molecule has 2 amide bonds. The van der Waals surface area contributed by atoms with Crippen molar-refractivity contribution in [1.29, 1.82) is 0 Å². The number of rotatable bonds is 10. The summed E-state index contributed by atoms with van der Waals surface area (Å²) in [6, 6.07) is 16.5. The van der Waals surface area contributed by atoms with E-state index in [1.54, 1.807) is 0 Å². The molecular formula is C26H27N3O6. The van der Waals surface area contributed by atoms with E-state index in [4.69, 9.17) is 9.26 Å². The smallest absolute Gasteiger partial charge is 0.407 e. The van der Waals surface area contributed by atoms with E-state index >= 15 is 0 Å². The van der Waals surface area contributed by atoms with Gasteiger partial charge in [0.05, 0.1) is 6.54 Å². The maximum Gasteiger partial charge on any atom is 0.407 e. The van der Waals surface area contributed by atoms with E-state index in [1.807, 2.05) is 43.3 Å². The van der Waals surface area contributed by atoms with Gasteiger partial charge >= 0.3 is 12.1 Å². The number of aromatic nitrogens is 1. The summed E-state index contributed by atoms with van der Waals surface area (Å²) < 4.78 is 10.6. The molecule has 1 aliphatic rings. The highest BCUT2D eigenvalue weighted by Gasteiger charge is 2.29.